The summed E-state index contributed by atoms with van der Waals surface area (Å²) in [5, 5.41) is 18.2. The molecule has 1 heterocycles. The van der Waals surface area contributed by atoms with Crippen molar-refractivity contribution in [2.75, 3.05) is 12.4 Å². The molecule has 0 radical (unpaired) electrons. The summed E-state index contributed by atoms with van der Waals surface area (Å²) in [6.45, 7) is 4.27. The third-order valence-corrected chi connectivity index (χ3v) is 4.17. The normalized spacial score (nSPS) is 10.4. The molecule has 0 unspecified atom stereocenters. The van der Waals surface area contributed by atoms with Gasteiger partial charge in [0.1, 0.15) is 17.2 Å². The number of carbonyl (C=O) groups excluding carboxylic acids is 1. The number of aromatic nitrogens is 2. The smallest absolute Gasteiger partial charge is 0.275 e. The van der Waals surface area contributed by atoms with Gasteiger partial charge >= 0.3 is 0 Å². The van der Waals surface area contributed by atoms with Crippen molar-refractivity contribution in [1.29, 1.82) is 0 Å². The first kappa shape index (κ1) is 19.9. The molecule has 1 aromatic heterocycles. The van der Waals surface area contributed by atoms with E-state index in [2.05, 4.69) is 10.4 Å². The van der Waals surface area contributed by atoms with Crippen LogP contribution in [0.5, 0.6) is 17.2 Å². The van der Waals surface area contributed by atoms with Crippen LogP contribution in [-0.4, -0.2) is 27.7 Å². The molecule has 29 heavy (non-hydrogen) atoms. The maximum absolute atomic E-state index is 12.6. The van der Waals surface area contributed by atoms with Crippen molar-refractivity contribution in [3.8, 4) is 17.2 Å². The van der Waals surface area contributed by atoms with Crippen LogP contribution in [0.4, 0.5) is 11.4 Å². The van der Waals surface area contributed by atoms with E-state index in [1.54, 1.807) is 49.2 Å². The number of nitro benzene ring substituents is 1. The van der Waals surface area contributed by atoms with E-state index in [9.17, 15) is 14.9 Å². The van der Waals surface area contributed by atoms with Crippen LogP contribution in [-0.2, 0) is 6.54 Å². The standard InChI is InChI=1S/C20H20N4O5/c1-4-23-12-19(13(2)22-23)20(25)21-14-9-15(24(26)27)11-18(10-14)29-17-7-5-16(28-3)6-8-17/h5-12H,4H2,1-3H3,(H,21,25). The summed E-state index contributed by atoms with van der Waals surface area (Å²) in [6.07, 6.45) is 1.64. The Hall–Kier alpha value is -3.88. The number of nitro groups is 1. The zero-order valence-corrected chi connectivity index (χ0v) is 16.2. The van der Waals surface area contributed by atoms with Crippen molar-refractivity contribution in [3.63, 3.8) is 0 Å². The van der Waals surface area contributed by atoms with Gasteiger partial charge in [0.15, 0.2) is 0 Å². The summed E-state index contributed by atoms with van der Waals surface area (Å²) in [6, 6.07) is 10.9. The minimum atomic E-state index is -0.545. The average molecular weight is 396 g/mol. The number of benzene rings is 2. The van der Waals surface area contributed by atoms with Gasteiger partial charge in [-0.15, -0.1) is 0 Å². The highest BCUT2D eigenvalue weighted by molar-refractivity contribution is 6.05. The van der Waals surface area contributed by atoms with Crippen molar-refractivity contribution < 1.29 is 19.2 Å². The van der Waals surface area contributed by atoms with Gasteiger partial charge in [0.05, 0.1) is 35.0 Å². The number of ether oxygens (including phenoxy) is 2. The van der Waals surface area contributed by atoms with E-state index in [1.807, 2.05) is 6.92 Å². The minimum Gasteiger partial charge on any atom is -0.497 e. The third-order valence-electron chi connectivity index (χ3n) is 4.17. The van der Waals surface area contributed by atoms with Gasteiger partial charge in [-0.2, -0.15) is 5.10 Å². The molecule has 1 N–H and O–H groups in total. The molecule has 3 rings (SSSR count). The molecule has 0 saturated carbocycles. The van der Waals surface area contributed by atoms with Gasteiger partial charge in [-0.3, -0.25) is 19.6 Å². The van der Waals surface area contributed by atoms with E-state index in [4.69, 9.17) is 9.47 Å². The summed E-state index contributed by atoms with van der Waals surface area (Å²) >= 11 is 0. The molecule has 0 aliphatic heterocycles. The Morgan fingerprint density at radius 3 is 2.45 bits per heavy atom. The predicted octanol–water partition coefficient (Wildman–Crippen LogP) is 4.17. The van der Waals surface area contributed by atoms with Crippen LogP contribution in [0.2, 0.25) is 0 Å². The number of nitrogens with zero attached hydrogens (tertiary/aromatic N) is 3. The topological polar surface area (TPSA) is 109 Å². The van der Waals surface area contributed by atoms with Gasteiger partial charge in [-0.25, -0.2) is 0 Å². The molecule has 0 spiro atoms. The molecule has 0 atom stereocenters. The fraction of sp³-hybridized carbons (Fsp3) is 0.200. The molecular formula is C20H20N4O5. The lowest BCUT2D eigenvalue weighted by Gasteiger charge is -2.10. The van der Waals surface area contributed by atoms with E-state index >= 15 is 0 Å². The highest BCUT2D eigenvalue weighted by atomic mass is 16.6. The van der Waals surface area contributed by atoms with Gasteiger partial charge in [0, 0.05) is 24.9 Å². The first-order valence-corrected chi connectivity index (χ1v) is 8.86. The molecule has 3 aromatic rings. The Morgan fingerprint density at radius 1 is 1.17 bits per heavy atom. The summed E-state index contributed by atoms with van der Waals surface area (Å²) in [7, 11) is 1.55. The van der Waals surface area contributed by atoms with Crippen LogP contribution >= 0.6 is 0 Å². The number of hydrogen-bond donors (Lipinski definition) is 1. The van der Waals surface area contributed by atoms with Crippen LogP contribution < -0.4 is 14.8 Å². The van der Waals surface area contributed by atoms with Crippen molar-refractivity contribution in [2.24, 2.45) is 0 Å². The lowest BCUT2D eigenvalue weighted by atomic mass is 10.2. The molecule has 2 aromatic carbocycles. The predicted molar refractivity (Wildman–Crippen MR) is 107 cm³/mol. The van der Waals surface area contributed by atoms with E-state index in [0.29, 0.717) is 29.3 Å². The first-order valence-electron chi connectivity index (χ1n) is 8.86. The number of anilines is 1. The number of rotatable bonds is 7. The summed E-state index contributed by atoms with van der Waals surface area (Å²) in [4.78, 5) is 23.4. The number of nitrogens with one attached hydrogen (secondary N) is 1. The molecule has 9 nitrogen and oxygen atoms in total. The number of non-ortho nitro benzene ring substituents is 1. The highest BCUT2D eigenvalue weighted by Crippen LogP contribution is 2.30. The van der Waals surface area contributed by atoms with E-state index in [0.717, 1.165) is 0 Å². The van der Waals surface area contributed by atoms with Crippen LogP contribution in [0.25, 0.3) is 0 Å². The number of aryl methyl sites for hydroxylation is 2. The van der Waals surface area contributed by atoms with Crippen LogP contribution in [0, 0.1) is 17.0 Å². The SMILES string of the molecule is CCn1cc(C(=O)Nc2cc(Oc3ccc(OC)cc3)cc([N+](=O)[O-])c2)c(C)n1. The minimum absolute atomic E-state index is 0.202. The van der Waals surface area contributed by atoms with Gasteiger partial charge in [-0.1, -0.05) is 0 Å². The molecule has 0 bridgehead atoms. The quantitative estimate of drug-likeness (QED) is 0.474. The lowest BCUT2D eigenvalue weighted by Crippen LogP contribution is -2.12. The Bertz CT molecular complexity index is 1040. The summed E-state index contributed by atoms with van der Waals surface area (Å²) < 4.78 is 12.5. The molecule has 0 fully saturated rings. The van der Waals surface area contributed by atoms with Crippen molar-refractivity contribution in [1.82, 2.24) is 9.78 Å². The van der Waals surface area contributed by atoms with Crippen molar-refractivity contribution in [2.45, 2.75) is 20.4 Å². The molecule has 0 aliphatic rings. The van der Waals surface area contributed by atoms with Gasteiger partial charge in [0.2, 0.25) is 0 Å². The van der Waals surface area contributed by atoms with Gasteiger partial charge in [0.25, 0.3) is 11.6 Å². The third kappa shape index (κ3) is 4.70. The maximum Gasteiger partial charge on any atom is 0.275 e. The first-order chi connectivity index (χ1) is 13.9. The van der Waals surface area contributed by atoms with E-state index in [-0.39, 0.29) is 17.1 Å². The van der Waals surface area contributed by atoms with E-state index < -0.39 is 10.8 Å². The molecule has 0 aliphatic carbocycles. The van der Waals surface area contributed by atoms with Crippen molar-refractivity contribution >= 4 is 17.3 Å². The summed E-state index contributed by atoms with van der Waals surface area (Å²) in [5.74, 6) is 0.953. The molecule has 0 saturated heterocycles. The van der Waals surface area contributed by atoms with Gasteiger partial charge < -0.3 is 14.8 Å². The molecule has 9 heteroatoms. The Balaban J connectivity index is 1.86. The maximum atomic E-state index is 12.6. The zero-order chi connectivity index (χ0) is 21.0. The number of methoxy groups -OCH3 is 1. The van der Waals surface area contributed by atoms with Crippen LogP contribution in [0.3, 0.4) is 0 Å². The fourth-order valence-corrected chi connectivity index (χ4v) is 2.70. The second-order valence-electron chi connectivity index (χ2n) is 6.19. The van der Waals surface area contributed by atoms with E-state index in [1.165, 1.54) is 18.2 Å². The Morgan fingerprint density at radius 2 is 1.86 bits per heavy atom. The average Bonchev–Trinajstić information content (AvgIpc) is 3.09. The number of amides is 1. The highest BCUT2D eigenvalue weighted by Gasteiger charge is 2.17. The Kier molecular flexibility index (Phi) is 5.77. The van der Waals surface area contributed by atoms with Gasteiger partial charge in [-0.05, 0) is 38.1 Å². The largest absolute Gasteiger partial charge is 0.497 e. The Labute approximate surface area is 167 Å². The second kappa shape index (κ2) is 8.42. The van der Waals surface area contributed by atoms with Crippen molar-refractivity contribution in [3.05, 3.63) is 70.0 Å². The molecule has 1 amide bonds. The molecule has 150 valence electrons. The number of hydrogen-bond acceptors (Lipinski definition) is 6. The monoisotopic (exact) mass is 396 g/mol. The summed E-state index contributed by atoms with van der Waals surface area (Å²) in [5.41, 5.74) is 1.02. The zero-order valence-electron chi connectivity index (χ0n) is 16.2. The second-order valence-corrected chi connectivity index (χ2v) is 6.19. The lowest BCUT2D eigenvalue weighted by molar-refractivity contribution is -0.384. The number of carbonyl (C=O) groups is 1. The fourth-order valence-electron chi connectivity index (χ4n) is 2.70. The van der Waals surface area contributed by atoms with Crippen LogP contribution in [0.15, 0.2) is 48.7 Å². The van der Waals surface area contributed by atoms with Crippen LogP contribution in [0.1, 0.15) is 23.0 Å². The molecular weight excluding hydrogens is 376 g/mol.